The number of halogens is 2. The second-order valence-electron chi connectivity index (χ2n) is 7.42. The minimum absolute atomic E-state index is 0.0690. The molecule has 0 saturated heterocycles. The molecule has 0 N–H and O–H groups in total. The highest BCUT2D eigenvalue weighted by Gasteiger charge is 2.18. The average molecular weight is 570 g/mol. The fourth-order valence-electron chi connectivity index (χ4n) is 3.75. The molecule has 0 amide bonds. The van der Waals surface area contributed by atoms with Crippen LogP contribution >= 0.6 is 30.5 Å². The molecule has 1 unspecified atom stereocenters. The number of rotatable bonds is 9. The van der Waals surface area contributed by atoms with Crippen molar-refractivity contribution < 1.29 is 13.9 Å². The predicted octanol–water partition coefficient (Wildman–Crippen LogP) is 6.40. The summed E-state index contributed by atoms with van der Waals surface area (Å²) in [5.41, 5.74) is 3.50. The van der Waals surface area contributed by atoms with E-state index in [0.717, 1.165) is 21.3 Å². The van der Waals surface area contributed by atoms with Gasteiger partial charge in [-0.25, -0.2) is 4.39 Å². The monoisotopic (exact) mass is 570 g/mol. The van der Waals surface area contributed by atoms with Gasteiger partial charge in [0.1, 0.15) is 24.8 Å². The van der Waals surface area contributed by atoms with E-state index in [1.165, 1.54) is 21.5 Å². The van der Waals surface area contributed by atoms with E-state index in [4.69, 9.17) is 9.47 Å². The molecule has 0 bridgehead atoms. The largest absolute Gasteiger partial charge is 0.496 e. The second kappa shape index (κ2) is 11.6. The molecular formula is C28H25FIO2P. The first-order valence-corrected chi connectivity index (χ1v) is 13.6. The third-order valence-corrected chi connectivity index (χ3v) is 8.60. The molecule has 4 rings (SSSR count). The number of methoxy groups -OCH3 is 1. The highest BCUT2D eigenvalue weighted by Crippen LogP contribution is 2.36. The van der Waals surface area contributed by atoms with Crippen molar-refractivity contribution >= 4 is 46.4 Å². The summed E-state index contributed by atoms with van der Waals surface area (Å²) in [6.07, 6.45) is 0. The topological polar surface area (TPSA) is 18.5 Å². The number of ether oxygens (including phenoxy) is 2. The first kappa shape index (κ1) is 23.7. The summed E-state index contributed by atoms with van der Waals surface area (Å²) in [5, 5.41) is 3.67. The van der Waals surface area contributed by atoms with Crippen molar-refractivity contribution in [2.24, 2.45) is 0 Å². The Hall–Kier alpha value is -2.43. The van der Waals surface area contributed by atoms with E-state index in [-0.39, 0.29) is 6.61 Å². The van der Waals surface area contributed by atoms with Crippen LogP contribution < -0.4 is 25.4 Å². The molecular weight excluding hydrogens is 545 g/mol. The minimum atomic E-state index is -0.785. The van der Waals surface area contributed by atoms with Crippen molar-refractivity contribution in [1.82, 2.24) is 0 Å². The Morgan fingerprint density at radius 1 is 0.788 bits per heavy atom. The van der Waals surface area contributed by atoms with E-state index in [1.54, 1.807) is 7.11 Å². The number of hydrogen-bond donors (Lipinski definition) is 0. The molecule has 5 heteroatoms. The average Bonchev–Trinajstić information content (AvgIpc) is 2.88. The zero-order valence-electron chi connectivity index (χ0n) is 18.4. The van der Waals surface area contributed by atoms with E-state index in [0.29, 0.717) is 5.75 Å². The second-order valence-corrected chi connectivity index (χ2v) is 10.4. The van der Waals surface area contributed by atoms with Gasteiger partial charge in [-0.15, -0.1) is 0 Å². The van der Waals surface area contributed by atoms with Crippen LogP contribution in [0.2, 0.25) is 0 Å². The fraction of sp³-hybridized carbons (Fsp3) is 0.143. The van der Waals surface area contributed by atoms with E-state index < -0.39 is 14.6 Å². The van der Waals surface area contributed by atoms with Gasteiger partial charge in [0.15, 0.2) is 0 Å². The maximum absolute atomic E-state index is 12.6. The molecule has 0 aromatic heterocycles. The molecule has 0 aliphatic carbocycles. The van der Waals surface area contributed by atoms with Crippen LogP contribution in [0.1, 0.15) is 5.56 Å². The molecule has 0 aliphatic heterocycles. The van der Waals surface area contributed by atoms with E-state index in [1.807, 2.05) is 30.3 Å². The van der Waals surface area contributed by atoms with Gasteiger partial charge in [-0.1, -0.05) is 95.4 Å². The first-order chi connectivity index (χ1) is 16.2. The standard InChI is InChI=1S/C28H25FIO2P/c1-31-28-15-10-21(20-30)18-27(28)22-11-13-25(14-12-22)33(24-7-3-2-4-8-24)26-9-5-6-23(19-26)32-17-16-29/h2-15,18-19H,16-17,20H2,1H3. The van der Waals surface area contributed by atoms with E-state index in [2.05, 4.69) is 89.3 Å². The van der Waals surface area contributed by atoms with Gasteiger partial charge < -0.3 is 9.47 Å². The van der Waals surface area contributed by atoms with Gasteiger partial charge in [0.05, 0.1) is 7.11 Å². The summed E-state index contributed by atoms with van der Waals surface area (Å²) in [4.78, 5) is 0. The Morgan fingerprint density at radius 2 is 1.52 bits per heavy atom. The van der Waals surface area contributed by atoms with Crippen molar-refractivity contribution in [1.29, 1.82) is 0 Å². The molecule has 0 fully saturated rings. The Morgan fingerprint density at radius 3 is 2.21 bits per heavy atom. The van der Waals surface area contributed by atoms with Crippen molar-refractivity contribution in [3.63, 3.8) is 0 Å². The molecule has 4 aromatic carbocycles. The fourth-order valence-corrected chi connectivity index (χ4v) is 6.52. The summed E-state index contributed by atoms with van der Waals surface area (Å²) in [6, 6.07) is 33.7. The molecule has 0 radical (unpaired) electrons. The first-order valence-electron chi connectivity index (χ1n) is 10.7. The van der Waals surface area contributed by atoms with Gasteiger partial charge >= 0.3 is 0 Å². The SMILES string of the molecule is COc1ccc(CI)cc1-c1ccc(P(c2ccccc2)c2cccc(OCCF)c2)cc1. The lowest BCUT2D eigenvalue weighted by atomic mass is 10.0. The predicted molar refractivity (Wildman–Crippen MR) is 146 cm³/mol. The zero-order valence-corrected chi connectivity index (χ0v) is 21.4. The number of hydrogen-bond acceptors (Lipinski definition) is 2. The molecule has 33 heavy (non-hydrogen) atoms. The summed E-state index contributed by atoms with van der Waals surface area (Å²) >= 11 is 2.38. The molecule has 168 valence electrons. The van der Waals surface area contributed by atoms with Gasteiger partial charge in [0.25, 0.3) is 0 Å². The lowest BCUT2D eigenvalue weighted by Crippen LogP contribution is -2.20. The van der Waals surface area contributed by atoms with Gasteiger partial charge in [-0.3, -0.25) is 0 Å². The van der Waals surface area contributed by atoms with Crippen LogP contribution in [0, 0.1) is 0 Å². The van der Waals surface area contributed by atoms with Crippen LogP contribution in [0.25, 0.3) is 11.1 Å². The van der Waals surface area contributed by atoms with Crippen LogP contribution in [0.4, 0.5) is 4.39 Å². The lowest BCUT2D eigenvalue weighted by Gasteiger charge is -2.20. The molecule has 0 aliphatic rings. The van der Waals surface area contributed by atoms with E-state index in [9.17, 15) is 4.39 Å². The smallest absolute Gasteiger partial charge is 0.126 e. The van der Waals surface area contributed by atoms with Crippen molar-refractivity contribution in [2.45, 2.75) is 4.43 Å². The third kappa shape index (κ3) is 5.74. The van der Waals surface area contributed by atoms with Crippen LogP contribution in [0.5, 0.6) is 11.5 Å². The van der Waals surface area contributed by atoms with Crippen molar-refractivity contribution in [2.75, 3.05) is 20.4 Å². The number of alkyl halides is 2. The van der Waals surface area contributed by atoms with Crippen LogP contribution in [0.3, 0.4) is 0 Å². The van der Waals surface area contributed by atoms with Crippen molar-refractivity contribution in [3.05, 3.63) is 103 Å². The van der Waals surface area contributed by atoms with Gasteiger partial charge in [0.2, 0.25) is 0 Å². The molecule has 0 spiro atoms. The molecule has 4 aromatic rings. The Bertz CT molecular complexity index is 1180. The molecule has 2 nitrogen and oxygen atoms in total. The minimum Gasteiger partial charge on any atom is -0.496 e. The van der Waals surface area contributed by atoms with Crippen LogP contribution in [-0.4, -0.2) is 20.4 Å². The summed E-state index contributed by atoms with van der Waals surface area (Å²) in [6.45, 7) is -0.430. The summed E-state index contributed by atoms with van der Waals surface area (Å²) in [5.74, 6) is 1.57. The quantitative estimate of drug-likeness (QED) is 0.132. The van der Waals surface area contributed by atoms with Gasteiger partial charge in [-0.2, -0.15) is 0 Å². The normalized spacial score (nSPS) is 11.7. The van der Waals surface area contributed by atoms with Crippen molar-refractivity contribution in [3.8, 4) is 22.6 Å². The van der Waals surface area contributed by atoms with E-state index >= 15 is 0 Å². The third-order valence-electron chi connectivity index (χ3n) is 5.29. The Kier molecular flexibility index (Phi) is 8.35. The highest BCUT2D eigenvalue weighted by molar-refractivity contribution is 14.1. The lowest BCUT2D eigenvalue weighted by molar-refractivity contribution is 0.273. The van der Waals surface area contributed by atoms with Gasteiger partial charge in [-0.05, 0) is 59.2 Å². The van der Waals surface area contributed by atoms with Crippen LogP contribution in [0.15, 0.2) is 97.1 Å². The van der Waals surface area contributed by atoms with Crippen LogP contribution in [-0.2, 0) is 4.43 Å². The van der Waals surface area contributed by atoms with Gasteiger partial charge in [0, 0.05) is 9.99 Å². The highest BCUT2D eigenvalue weighted by atomic mass is 127. The summed E-state index contributed by atoms with van der Waals surface area (Å²) < 4.78 is 24.8. The Balaban J connectivity index is 1.74. The molecule has 0 saturated carbocycles. The Labute approximate surface area is 209 Å². The molecule has 1 atom stereocenters. The summed E-state index contributed by atoms with van der Waals surface area (Å²) in [7, 11) is 0.927. The number of benzene rings is 4. The maximum Gasteiger partial charge on any atom is 0.126 e. The molecule has 0 heterocycles. The maximum atomic E-state index is 12.6. The zero-order chi connectivity index (χ0) is 23.0.